The van der Waals surface area contributed by atoms with Gasteiger partial charge in [-0.15, -0.1) is 0 Å². The fourth-order valence-corrected chi connectivity index (χ4v) is 2.48. The molecule has 25 heavy (non-hydrogen) atoms. The summed E-state index contributed by atoms with van der Waals surface area (Å²) in [7, 11) is 0. The third-order valence-electron chi connectivity index (χ3n) is 4.15. The number of rotatable bonds is 8. The Morgan fingerprint density at radius 1 is 1.08 bits per heavy atom. The number of hydrogen-bond acceptors (Lipinski definition) is 3. The molecule has 4 nitrogen and oxygen atoms in total. The van der Waals surface area contributed by atoms with E-state index in [1.165, 1.54) is 5.56 Å². The van der Waals surface area contributed by atoms with Crippen LogP contribution < -0.4 is 0 Å². The van der Waals surface area contributed by atoms with Gasteiger partial charge >= 0.3 is 5.97 Å². The molecule has 0 atom stereocenters. The number of carbonyl (C=O) groups excluding carboxylic acids is 2. The van der Waals surface area contributed by atoms with Gasteiger partial charge in [-0.2, -0.15) is 0 Å². The van der Waals surface area contributed by atoms with Crippen LogP contribution in [0, 0.1) is 5.92 Å². The second-order valence-electron chi connectivity index (χ2n) is 7.86. The Bertz CT molecular complexity index is 555. The van der Waals surface area contributed by atoms with Crippen molar-refractivity contribution in [2.24, 2.45) is 5.92 Å². The van der Waals surface area contributed by atoms with Gasteiger partial charge in [-0.1, -0.05) is 46.8 Å². The molecule has 1 rings (SSSR count). The van der Waals surface area contributed by atoms with Gasteiger partial charge in [0.1, 0.15) is 0 Å². The summed E-state index contributed by atoms with van der Waals surface area (Å²) in [6.45, 7) is 13.9. The molecule has 0 saturated heterocycles. The van der Waals surface area contributed by atoms with Crippen molar-refractivity contribution in [3.8, 4) is 0 Å². The van der Waals surface area contributed by atoms with Gasteiger partial charge in [-0.05, 0) is 42.4 Å². The van der Waals surface area contributed by atoms with Crippen LogP contribution in [-0.2, 0) is 14.9 Å². The Labute approximate surface area is 152 Å². The highest BCUT2D eigenvalue weighted by molar-refractivity contribution is 5.94. The maximum absolute atomic E-state index is 12.9. The van der Waals surface area contributed by atoms with Crippen LogP contribution in [0.2, 0.25) is 0 Å². The Balaban J connectivity index is 2.84. The molecular formula is C21H33NO3. The normalized spacial score (nSPS) is 11.5. The molecule has 140 valence electrons. The van der Waals surface area contributed by atoms with E-state index < -0.39 is 0 Å². The summed E-state index contributed by atoms with van der Waals surface area (Å²) >= 11 is 0. The SMILES string of the molecule is CCOC(=O)CCN(CCC(C)C)C(=O)c1ccc(C(C)(C)C)cc1. The predicted octanol–water partition coefficient (Wildman–Crippen LogP) is 4.43. The highest BCUT2D eigenvalue weighted by Gasteiger charge is 2.19. The van der Waals surface area contributed by atoms with Crippen LogP contribution in [0.1, 0.15) is 70.3 Å². The van der Waals surface area contributed by atoms with E-state index in [0.29, 0.717) is 31.2 Å². The zero-order valence-corrected chi connectivity index (χ0v) is 16.6. The van der Waals surface area contributed by atoms with E-state index in [4.69, 9.17) is 4.74 Å². The first-order chi connectivity index (χ1) is 11.6. The number of amides is 1. The topological polar surface area (TPSA) is 46.6 Å². The van der Waals surface area contributed by atoms with Crippen molar-refractivity contribution in [1.29, 1.82) is 0 Å². The summed E-state index contributed by atoms with van der Waals surface area (Å²) < 4.78 is 4.98. The van der Waals surface area contributed by atoms with E-state index in [1.807, 2.05) is 24.3 Å². The van der Waals surface area contributed by atoms with Gasteiger partial charge < -0.3 is 9.64 Å². The van der Waals surface area contributed by atoms with Crippen molar-refractivity contribution >= 4 is 11.9 Å². The van der Waals surface area contributed by atoms with Gasteiger partial charge in [0.15, 0.2) is 0 Å². The molecule has 1 amide bonds. The second kappa shape index (κ2) is 9.59. The summed E-state index contributed by atoms with van der Waals surface area (Å²) in [5.74, 6) is 0.222. The predicted molar refractivity (Wildman–Crippen MR) is 102 cm³/mol. The van der Waals surface area contributed by atoms with Crippen LogP contribution in [0.15, 0.2) is 24.3 Å². The first-order valence-electron chi connectivity index (χ1n) is 9.20. The van der Waals surface area contributed by atoms with Gasteiger partial charge in [0.05, 0.1) is 13.0 Å². The molecule has 1 aromatic carbocycles. The first kappa shape index (κ1) is 21.2. The second-order valence-corrected chi connectivity index (χ2v) is 7.86. The minimum absolute atomic E-state index is 0.0228. The van der Waals surface area contributed by atoms with Gasteiger partial charge in [0, 0.05) is 18.7 Å². The molecular weight excluding hydrogens is 314 g/mol. The van der Waals surface area contributed by atoms with Crippen LogP contribution in [0.3, 0.4) is 0 Å². The molecule has 0 radical (unpaired) electrons. The molecule has 0 fully saturated rings. The molecule has 0 bridgehead atoms. The largest absolute Gasteiger partial charge is 0.466 e. The fraction of sp³-hybridized carbons (Fsp3) is 0.619. The van der Waals surface area contributed by atoms with Crippen molar-refractivity contribution in [2.75, 3.05) is 19.7 Å². The van der Waals surface area contributed by atoms with Crippen LogP contribution in [0.4, 0.5) is 0 Å². The highest BCUT2D eigenvalue weighted by atomic mass is 16.5. The standard InChI is InChI=1S/C21H33NO3/c1-7-25-19(23)13-15-22(14-12-16(2)3)20(24)17-8-10-18(11-9-17)21(4,5)6/h8-11,16H,7,12-15H2,1-6H3. The molecule has 4 heteroatoms. The maximum atomic E-state index is 12.9. The lowest BCUT2D eigenvalue weighted by molar-refractivity contribution is -0.143. The molecule has 1 aromatic rings. The van der Waals surface area contributed by atoms with E-state index in [1.54, 1.807) is 11.8 Å². The Morgan fingerprint density at radius 2 is 1.68 bits per heavy atom. The number of esters is 1. The summed E-state index contributed by atoms with van der Waals surface area (Å²) in [4.78, 5) is 26.3. The fourth-order valence-electron chi connectivity index (χ4n) is 2.48. The van der Waals surface area contributed by atoms with Crippen LogP contribution >= 0.6 is 0 Å². The summed E-state index contributed by atoms with van der Waals surface area (Å²) in [5.41, 5.74) is 1.92. The smallest absolute Gasteiger partial charge is 0.307 e. The van der Waals surface area contributed by atoms with Crippen LogP contribution in [0.25, 0.3) is 0 Å². The first-order valence-corrected chi connectivity index (χ1v) is 9.20. The summed E-state index contributed by atoms with van der Waals surface area (Å²) in [6, 6.07) is 7.80. The molecule has 0 aromatic heterocycles. The monoisotopic (exact) mass is 347 g/mol. The van der Waals surface area contributed by atoms with Gasteiger partial charge in [0.25, 0.3) is 5.91 Å². The average molecular weight is 347 g/mol. The number of carbonyl (C=O) groups is 2. The van der Waals surface area contributed by atoms with E-state index in [-0.39, 0.29) is 23.7 Å². The Hall–Kier alpha value is -1.84. The van der Waals surface area contributed by atoms with Crippen LogP contribution in [0.5, 0.6) is 0 Å². The minimum atomic E-state index is -0.257. The number of benzene rings is 1. The molecule has 0 spiro atoms. The lowest BCUT2D eigenvalue weighted by atomic mass is 9.86. The van der Waals surface area contributed by atoms with Gasteiger partial charge in [-0.25, -0.2) is 0 Å². The molecule has 0 saturated carbocycles. The molecule has 0 heterocycles. The average Bonchev–Trinajstić information content (AvgIpc) is 2.53. The van der Waals surface area contributed by atoms with Crippen LogP contribution in [-0.4, -0.2) is 36.5 Å². The maximum Gasteiger partial charge on any atom is 0.307 e. The summed E-state index contributed by atoms with van der Waals surface area (Å²) in [6.07, 6.45) is 1.15. The Kier molecular flexibility index (Phi) is 8.14. The highest BCUT2D eigenvalue weighted by Crippen LogP contribution is 2.22. The zero-order valence-electron chi connectivity index (χ0n) is 16.6. The molecule has 0 N–H and O–H groups in total. The zero-order chi connectivity index (χ0) is 19.0. The Morgan fingerprint density at radius 3 is 2.16 bits per heavy atom. The minimum Gasteiger partial charge on any atom is -0.466 e. The van der Waals surface area contributed by atoms with Gasteiger partial charge in [-0.3, -0.25) is 9.59 Å². The lowest BCUT2D eigenvalue weighted by Crippen LogP contribution is -2.34. The molecule has 0 unspecified atom stereocenters. The van der Waals surface area contributed by atoms with E-state index >= 15 is 0 Å². The third kappa shape index (κ3) is 7.29. The number of hydrogen-bond donors (Lipinski definition) is 0. The quantitative estimate of drug-likeness (QED) is 0.654. The number of nitrogens with zero attached hydrogens (tertiary/aromatic N) is 1. The molecule has 0 aliphatic rings. The molecule has 0 aliphatic carbocycles. The van der Waals surface area contributed by atoms with E-state index in [2.05, 4.69) is 34.6 Å². The van der Waals surface area contributed by atoms with E-state index in [9.17, 15) is 9.59 Å². The van der Waals surface area contributed by atoms with Crippen molar-refractivity contribution in [3.63, 3.8) is 0 Å². The summed E-state index contributed by atoms with van der Waals surface area (Å²) in [5, 5.41) is 0. The van der Waals surface area contributed by atoms with Crippen molar-refractivity contribution < 1.29 is 14.3 Å². The van der Waals surface area contributed by atoms with E-state index in [0.717, 1.165) is 6.42 Å². The number of ether oxygens (including phenoxy) is 1. The van der Waals surface area contributed by atoms with Crippen molar-refractivity contribution in [2.45, 2.75) is 59.8 Å². The van der Waals surface area contributed by atoms with Crippen molar-refractivity contribution in [1.82, 2.24) is 4.90 Å². The molecule has 0 aliphatic heterocycles. The van der Waals surface area contributed by atoms with Crippen molar-refractivity contribution in [3.05, 3.63) is 35.4 Å². The lowest BCUT2D eigenvalue weighted by Gasteiger charge is -2.24. The van der Waals surface area contributed by atoms with Gasteiger partial charge in [0.2, 0.25) is 0 Å². The third-order valence-corrected chi connectivity index (χ3v) is 4.15.